The molecule has 0 saturated carbocycles. The number of ether oxygens (including phenoxy) is 1. The molecule has 0 unspecified atom stereocenters. The first kappa shape index (κ1) is 23.5. The molecule has 0 bridgehead atoms. The summed E-state index contributed by atoms with van der Waals surface area (Å²) in [6.07, 6.45) is 6.67. The van der Waals surface area contributed by atoms with Crippen molar-refractivity contribution in [1.82, 2.24) is 5.32 Å². The quantitative estimate of drug-likeness (QED) is 0.416. The number of thiophene rings is 1. The highest BCUT2D eigenvalue weighted by Gasteiger charge is 2.26. The highest BCUT2D eigenvalue weighted by atomic mass is 32.1. The molecular weight excluding hydrogens is 436 g/mol. The van der Waals surface area contributed by atoms with Crippen LogP contribution in [0.3, 0.4) is 0 Å². The molecule has 7 heteroatoms. The van der Waals surface area contributed by atoms with Crippen LogP contribution >= 0.6 is 11.3 Å². The smallest absolute Gasteiger partial charge is 0.254 e. The number of anilines is 1. The summed E-state index contributed by atoms with van der Waals surface area (Å²) in [4.78, 5) is 27.3. The second-order valence-electron chi connectivity index (χ2n) is 8.59. The van der Waals surface area contributed by atoms with Crippen LogP contribution in [0.2, 0.25) is 0 Å². The number of carbonyl (C=O) groups is 2. The molecule has 0 saturated heterocycles. The highest BCUT2D eigenvalue weighted by molar-refractivity contribution is 7.17. The van der Waals surface area contributed by atoms with Crippen LogP contribution in [-0.2, 0) is 28.8 Å². The zero-order valence-corrected chi connectivity index (χ0v) is 20.5. The summed E-state index contributed by atoms with van der Waals surface area (Å²) in [5.74, 6) is -0.249. The lowest BCUT2D eigenvalue weighted by Gasteiger charge is -2.13. The maximum absolute atomic E-state index is 13.1. The topological polar surface area (TPSA) is 80.6 Å². The molecule has 33 heavy (non-hydrogen) atoms. The van der Waals surface area contributed by atoms with Gasteiger partial charge in [0.25, 0.3) is 5.91 Å². The minimum absolute atomic E-state index is 0.110. The fourth-order valence-corrected chi connectivity index (χ4v) is 5.68. The molecule has 1 aliphatic carbocycles. The SMILES string of the molecule is CCOCCCNC(=O)c1c(NC(=O)Cc2coc3c(C)c(C)ccc23)sc2c1CCCC2. The van der Waals surface area contributed by atoms with Crippen LogP contribution in [0.4, 0.5) is 5.00 Å². The Kier molecular flexibility index (Phi) is 7.50. The van der Waals surface area contributed by atoms with Crippen LogP contribution in [0.25, 0.3) is 11.0 Å². The molecule has 1 aromatic carbocycles. The summed E-state index contributed by atoms with van der Waals surface area (Å²) in [6, 6.07) is 4.06. The zero-order valence-electron chi connectivity index (χ0n) is 19.6. The molecule has 6 nitrogen and oxygen atoms in total. The Labute approximate surface area is 198 Å². The Hall–Kier alpha value is -2.64. The highest BCUT2D eigenvalue weighted by Crippen LogP contribution is 2.38. The van der Waals surface area contributed by atoms with Crippen molar-refractivity contribution in [2.45, 2.75) is 59.3 Å². The Bertz CT molecular complexity index is 1160. The van der Waals surface area contributed by atoms with Crippen molar-refractivity contribution in [1.29, 1.82) is 0 Å². The van der Waals surface area contributed by atoms with Gasteiger partial charge in [-0.05, 0) is 69.6 Å². The van der Waals surface area contributed by atoms with Crippen molar-refractivity contribution in [3.05, 3.63) is 51.1 Å². The number of fused-ring (bicyclic) bond motifs is 2. The summed E-state index contributed by atoms with van der Waals surface area (Å²) in [5.41, 5.74) is 5.68. The number of carbonyl (C=O) groups excluding carboxylic acids is 2. The van der Waals surface area contributed by atoms with Crippen LogP contribution in [0.1, 0.15) is 63.7 Å². The van der Waals surface area contributed by atoms with Crippen molar-refractivity contribution >= 4 is 39.1 Å². The van der Waals surface area contributed by atoms with Crippen LogP contribution in [0.15, 0.2) is 22.8 Å². The van der Waals surface area contributed by atoms with E-state index in [4.69, 9.17) is 9.15 Å². The Morgan fingerprint density at radius 2 is 2.00 bits per heavy atom. The van der Waals surface area contributed by atoms with Crippen molar-refractivity contribution in [2.24, 2.45) is 0 Å². The van der Waals surface area contributed by atoms with Gasteiger partial charge in [-0.15, -0.1) is 11.3 Å². The predicted octanol–water partition coefficient (Wildman–Crippen LogP) is 5.33. The minimum Gasteiger partial charge on any atom is -0.464 e. The number of aryl methyl sites for hydroxylation is 3. The van der Waals surface area contributed by atoms with E-state index in [1.165, 1.54) is 4.88 Å². The van der Waals surface area contributed by atoms with Gasteiger partial charge in [-0.3, -0.25) is 9.59 Å². The minimum atomic E-state index is -0.139. The second kappa shape index (κ2) is 10.5. The number of hydrogen-bond donors (Lipinski definition) is 2. The number of rotatable bonds is 9. The standard InChI is InChI=1S/C26H32N2O4S/c1-4-31-13-7-12-27-25(30)23-20-8-5-6-9-21(20)33-26(23)28-22(29)14-18-15-32-24-17(3)16(2)10-11-19(18)24/h10-11,15H,4-9,12-14H2,1-3H3,(H,27,30)(H,28,29). The van der Waals surface area contributed by atoms with Gasteiger partial charge in [0.1, 0.15) is 10.6 Å². The van der Waals surface area contributed by atoms with E-state index >= 15 is 0 Å². The predicted molar refractivity (Wildman–Crippen MR) is 132 cm³/mol. The molecule has 176 valence electrons. The van der Waals surface area contributed by atoms with E-state index in [1.807, 2.05) is 26.8 Å². The van der Waals surface area contributed by atoms with Crippen LogP contribution in [-0.4, -0.2) is 31.6 Å². The molecule has 0 spiro atoms. The molecule has 2 heterocycles. The van der Waals surface area contributed by atoms with Crippen LogP contribution in [0.5, 0.6) is 0 Å². The second-order valence-corrected chi connectivity index (χ2v) is 9.70. The molecule has 3 aromatic rings. The Morgan fingerprint density at radius 3 is 2.82 bits per heavy atom. The Morgan fingerprint density at radius 1 is 1.18 bits per heavy atom. The van der Waals surface area contributed by atoms with E-state index in [-0.39, 0.29) is 18.2 Å². The maximum atomic E-state index is 13.1. The maximum Gasteiger partial charge on any atom is 0.254 e. The largest absolute Gasteiger partial charge is 0.464 e. The number of amides is 2. The molecule has 0 radical (unpaired) electrons. The van der Waals surface area contributed by atoms with Crippen molar-refractivity contribution in [3.63, 3.8) is 0 Å². The molecule has 2 amide bonds. The first-order valence-electron chi connectivity index (χ1n) is 11.8. The van der Waals surface area contributed by atoms with Crippen molar-refractivity contribution < 1.29 is 18.7 Å². The van der Waals surface area contributed by atoms with E-state index in [2.05, 4.69) is 16.7 Å². The van der Waals surface area contributed by atoms with Gasteiger partial charge >= 0.3 is 0 Å². The number of nitrogens with one attached hydrogen (secondary N) is 2. The van der Waals surface area contributed by atoms with Gasteiger partial charge in [-0.2, -0.15) is 0 Å². The summed E-state index contributed by atoms with van der Waals surface area (Å²) >= 11 is 1.55. The van der Waals surface area contributed by atoms with E-state index in [1.54, 1.807) is 17.6 Å². The molecule has 4 rings (SSSR count). The molecule has 1 aliphatic rings. The molecule has 0 aliphatic heterocycles. The van der Waals surface area contributed by atoms with E-state index in [9.17, 15) is 9.59 Å². The van der Waals surface area contributed by atoms with Crippen LogP contribution in [0, 0.1) is 13.8 Å². The van der Waals surface area contributed by atoms with Gasteiger partial charge in [-0.25, -0.2) is 0 Å². The first-order valence-corrected chi connectivity index (χ1v) is 12.6. The lowest BCUT2D eigenvalue weighted by molar-refractivity contribution is -0.115. The van der Waals surface area contributed by atoms with Gasteiger partial charge in [0.05, 0.1) is 18.2 Å². The number of hydrogen-bond acceptors (Lipinski definition) is 5. The Balaban J connectivity index is 1.50. The lowest BCUT2D eigenvalue weighted by Crippen LogP contribution is -2.27. The lowest BCUT2D eigenvalue weighted by atomic mass is 9.95. The van der Waals surface area contributed by atoms with E-state index < -0.39 is 0 Å². The average Bonchev–Trinajstić information content (AvgIpc) is 3.37. The first-order chi connectivity index (χ1) is 16.0. The normalized spacial score (nSPS) is 13.2. The van der Waals surface area contributed by atoms with Gasteiger partial charge < -0.3 is 19.8 Å². The van der Waals surface area contributed by atoms with E-state index in [0.717, 1.165) is 65.3 Å². The third-order valence-corrected chi connectivity index (χ3v) is 7.51. The molecule has 2 N–H and O–H groups in total. The van der Waals surface area contributed by atoms with E-state index in [0.29, 0.717) is 30.3 Å². The number of furan rings is 1. The summed E-state index contributed by atoms with van der Waals surface area (Å²) < 4.78 is 11.1. The van der Waals surface area contributed by atoms with Gasteiger partial charge in [-0.1, -0.05) is 12.1 Å². The number of benzene rings is 1. The summed E-state index contributed by atoms with van der Waals surface area (Å²) in [6.45, 7) is 7.88. The fraction of sp³-hybridized carbons (Fsp3) is 0.462. The fourth-order valence-electron chi connectivity index (χ4n) is 4.37. The third-order valence-electron chi connectivity index (χ3n) is 6.30. The molecule has 0 fully saturated rings. The third kappa shape index (κ3) is 5.14. The van der Waals surface area contributed by atoms with Crippen molar-refractivity contribution in [3.8, 4) is 0 Å². The zero-order chi connectivity index (χ0) is 23.4. The average molecular weight is 469 g/mol. The van der Waals surface area contributed by atoms with Crippen LogP contribution < -0.4 is 10.6 Å². The van der Waals surface area contributed by atoms with Gasteiger partial charge in [0.15, 0.2) is 0 Å². The molecule has 2 aromatic heterocycles. The van der Waals surface area contributed by atoms with Gasteiger partial charge in [0.2, 0.25) is 5.91 Å². The van der Waals surface area contributed by atoms with Gasteiger partial charge in [0, 0.05) is 35.6 Å². The monoisotopic (exact) mass is 468 g/mol. The summed E-state index contributed by atoms with van der Waals surface area (Å²) in [5, 5.41) is 7.68. The van der Waals surface area contributed by atoms with Crippen molar-refractivity contribution in [2.75, 3.05) is 25.1 Å². The summed E-state index contributed by atoms with van der Waals surface area (Å²) in [7, 11) is 0. The molecular formula is C26H32N2O4S. The molecule has 0 atom stereocenters.